The monoisotopic (exact) mass is 335 g/mol. The van der Waals surface area contributed by atoms with Crippen LogP contribution in [0.5, 0.6) is 0 Å². The highest BCUT2D eigenvalue weighted by Gasteiger charge is 2.16. The molecule has 3 aromatic heterocycles. The predicted molar refractivity (Wildman–Crippen MR) is 100 cm³/mol. The van der Waals surface area contributed by atoms with E-state index in [2.05, 4.69) is 51.1 Å². The van der Waals surface area contributed by atoms with Crippen LogP contribution in [0, 0.1) is 6.92 Å². The molecule has 0 fully saturated rings. The van der Waals surface area contributed by atoms with Crippen LogP contribution < -0.4 is 5.73 Å². The molecule has 0 saturated carbocycles. The number of benzene rings is 1. The molecule has 0 bridgehead atoms. The van der Waals surface area contributed by atoms with Crippen molar-refractivity contribution >= 4 is 27.8 Å². The van der Waals surface area contributed by atoms with Gasteiger partial charge in [0.05, 0.1) is 6.20 Å². The maximum Gasteiger partial charge on any atom is 0.267 e. The third-order valence-corrected chi connectivity index (χ3v) is 4.11. The van der Waals surface area contributed by atoms with Gasteiger partial charge >= 0.3 is 0 Å². The number of primary amides is 1. The Balaban J connectivity index is 0.000000880. The number of amides is 1. The number of H-pyrrole nitrogens is 1. The number of nitrogens with one attached hydrogen (secondary N) is 1. The summed E-state index contributed by atoms with van der Waals surface area (Å²) in [5.74, 6) is -0.556. The first-order chi connectivity index (χ1) is 12.0. The molecule has 4 rings (SSSR count). The minimum absolute atomic E-state index is 0.224. The van der Waals surface area contributed by atoms with Crippen molar-refractivity contribution in [1.82, 2.24) is 19.7 Å². The lowest BCUT2D eigenvalue weighted by atomic mass is 10.0. The molecule has 128 valence electrons. The quantitative estimate of drug-likeness (QED) is 0.587. The van der Waals surface area contributed by atoms with Gasteiger partial charge in [0.2, 0.25) is 0 Å². The van der Waals surface area contributed by atoms with E-state index in [0.717, 1.165) is 27.4 Å². The third kappa shape index (κ3) is 2.76. The Bertz CT molecular complexity index is 1070. The van der Waals surface area contributed by atoms with Crippen LogP contribution in [0.15, 0.2) is 36.7 Å². The van der Waals surface area contributed by atoms with E-state index in [1.54, 1.807) is 12.3 Å². The molecule has 0 radical (unpaired) electrons. The minimum atomic E-state index is -0.556. The second-order valence-electron chi connectivity index (χ2n) is 5.73. The first kappa shape index (κ1) is 16.7. The van der Waals surface area contributed by atoms with Crippen LogP contribution in [0.4, 0.5) is 0 Å². The van der Waals surface area contributed by atoms with Crippen LogP contribution in [0.1, 0.15) is 29.9 Å². The molecule has 1 aromatic carbocycles. The average molecular weight is 335 g/mol. The molecule has 1 amide bonds. The summed E-state index contributed by atoms with van der Waals surface area (Å²) in [6, 6.07) is 8.05. The number of fused-ring (bicyclic) bond motifs is 2. The fraction of sp³-hybridized carbons (Fsp3) is 0.211. The first-order valence-electron chi connectivity index (χ1n) is 8.24. The molecular weight excluding hydrogens is 314 g/mol. The summed E-state index contributed by atoms with van der Waals surface area (Å²) >= 11 is 0. The molecule has 0 aliphatic carbocycles. The van der Waals surface area contributed by atoms with Gasteiger partial charge in [-0.1, -0.05) is 25.5 Å². The van der Waals surface area contributed by atoms with E-state index < -0.39 is 5.91 Å². The summed E-state index contributed by atoms with van der Waals surface area (Å²) in [7, 11) is 2.00. The summed E-state index contributed by atoms with van der Waals surface area (Å²) in [5.41, 5.74) is 10.4. The highest BCUT2D eigenvalue weighted by Crippen LogP contribution is 2.34. The zero-order valence-corrected chi connectivity index (χ0v) is 14.8. The van der Waals surface area contributed by atoms with Crippen molar-refractivity contribution in [2.45, 2.75) is 20.8 Å². The number of aryl methyl sites for hydroxylation is 2. The van der Waals surface area contributed by atoms with Crippen molar-refractivity contribution in [2.75, 3.05) is 0 Å². The lowest BCUT2D eigenvalue weighted by molar-refractivity contribution is 0.0996. The van der Waals surface area contributed by atoms with E-state index >= 15 is 0 Å². The van der Waals surface area contributed by atoms with Gasteiger partial charge in [0, 0.05) is 35.1 Å². The lowest BCUT2D eigenvalue weighted by Gasteiger charge is -2.04. The van der Waals surface area contributed by atoms with E-state index in [-0.39, 0.29) is 5.69 Å². The fourth-order valence-corrected chi connectivity index (χ4v) is 3.00. The Hall–Kier alpha value is -3.15. The molecule has 6 nitrogen and oxygen atoms in total. The van der Waals surface area contributed by atoms with Gasteiger partial charge in [0.1, 0.15) is 5.69 Å². The van der Waals surface area contributed by atoms with Crippen molar-refractivity contribution in [2.24, 2.45) is 12.8 Å². The van der Waals surface area contributed by atoms with Gasteiger partial charge in [-0.2, -0.15) is 5.10 Å². The summed E-state index contributed by atoms with van der Waals surface area (Å²) in [6.45, 7) is 6.06. The average Bonchev–Trinajstić information content (AvgIpc) is 3.20. The standard InChI is InChI=1S/C17H15N5O.C2H6/c1-9-3-4-15-11(5-9)13(8-22(15)2)10-6-14(16(18)23)20-17-12(10)7-19-21-17;1-2/h3-8H,1-2H3,(H2,18,23)(H,19,20,21);1-2H3. The van der Waals surface area contributed by atoms with Crippen LogP contribution in [0.3, 0.4) is 0 Å². The number of rotatable bonds is 2. The number of hydrogen-bond acceptors (Lipinski definition) is 3. The fourth-order valence-electron chi connectivity index (χ4n) is 3.00. The van der Waals surface area contributed by atoms with Crippen molar-refractivity contribution in [3.05, 3.63) is 47.9 Å². The smallest absolute Gasteiger partial charge is 0.267 e. The van der Waals surface area contributed by atoms with Gasteiger partial charge in [-0.15, -0.1) is 0 Å². The van der Waals surface area contributed by atoms with Crippen LogP contribution >= 0.6 is 0 Å². The molecule has 0 unspecified atom stereocenters. The second kappa shape index (κ2) is 6.39. The highest BCUT2D eigenvalue weighted by atomic mass is 16.1. The molecular formula is C19H21N5O. The van der Waals surface area contributed by atoms with Gasteiger partial charge in [0.25, 0.3) is 5.91 Å². The summed E-state index contributed by atoms with van der Waals surface area (Å²) in [4.78, 5) is 15.8. The van der Waals surface area contributed by atoms with Crippen LogP contribution in [0.25, 0.3) is 33.1 Å². The Morgan fingerprint density at radius 2 is 1.92 bits per heavy atom. The third-order valence-electron chi connectivity index (χ3n) is 4.11. The van der Waals surface area contributed by atoms with E-state index in [1.807, 2.05) is 20.9 Å². The molecule has 6 heteroatoms. The number of aromatic amines is 1. The maximum atomic E-state index is 11.6. The molecule has 0 spiro atoms. The van der Waals surface area contributed by atoms with Crippen molar-refractivity contribution in [3.8, 4) is 11.1 Å². The number of hydrogen-bond donors (Lipinski definition) is 2. The Kier molecular flexibility index (Phi) is 4.27. The Morgan fingerprint density at radius 3 is 2.64 bits per heavy atom. The molecule has 0 saturated heterocycles. The van der Waals surface area contributed by atoms with Crippen LogP contribution in [-0.4, -0.2) is 25.7 Å². The van der Waals surface area contributed by atoms with Gasteiger partial charge < -0.3 is 10.3 Å². The molecule has 0 aliphatic heterocycles. The van der Waals surface area contributed by atoms with Crippen molar-refractivity contribution < 1.29 is 4.79 Å². The van der Waals surface area contributed by atoms with Gasteiger partial charge in [-0.25, -0.2) is 4.98 Å². The normalized spacial score (nSPS) is 10.7. The molecule has 3 heterocycles. The van der Waals surface area contributed by atoms with Crippen molar-refractivity contribution in [1.29, 1.82) is 0 Å². The topological polar surface area (TPSA) is 89.6 Å². The highest BCUT2D eigenvalue weighted by molar-refractivity contribution is 6.06. The second-order valence-corrected chi connectivity index (χ2v) is 5.73. The van der Waals surface area contributed by atoms with E-state index in [4.69, 9.17) is 5.73 Å². The van der Waals surface area contributed by atoms with Gasteiger partial charge in [-0.05, 0) is 30.7 Å². The number of nitrogens with two attached hydrogens (primary N) is 1. The number of nitrogens with zero attached hydrogens (tertiary/aromatic N) is 3. The zero-order chi connectivity index (χ0) is 18.1. The number of carbonyl (C=O) groups excluding carboxylic acids is 1. The number of carbonyl (C=O) groups is 1. The molecule has 4 aromatic rings. The molecule has 0 atom stereocenters. The van der Waals surface area contributed by atoms with Gasteiger partial charge in [-0.3, -0.25) is 9.89 Å². The molecule has 3 N–H and O–H groups in total. The molecule has 0 aliphatic rings. The van der Waals surface area contributed by atoms with Crippen LogP contribution in [0.2, 0.25) is 0 Å². The van der Waals surface area contributed by atoms with Crippen LogP contribution in [-0.2, 0) is 7.05 Å². The first-order valence-corrected chi connectivity index (χ1v) is 8.24. The van der Waals surface area contributed by atoms with Gasteiger partial charge in [0.15, 0.2) is 5.65 Å². The number of aromatic nitrogens is 4. The Morgan fingerprint density at radius 1 is 1.16 bits per heavy atom. The van der Waals surface area contributed by atoms with E-state index in [0.29, 0.717) is 5.65 Å². The summed E-state index contributed by atoms with van der Waals surface area (Å²) in [6.07, 6.45) is 3.77. The maximum absolute atomic E-state index is 11.6. The number of pyridine rings is 1. The zero-order valence-electron chi connectivity index (χ0n) is 14.8. The minimum Gasteiger partial charge on any atom is -0.364 e. The Labute approximate surface area is 145 Å². The van der Waals surface area contributed by atoms with E-state index in [1.165, 1.54) is 5.56 Å². The van der Waals surface area contributed by atoms with E-state index in [9.17, 15) is 4.79 Å². The SMILES string of the molecule is CC.Cc1ccc2c(c1)c(-c1cc(C(N)=O)nc3[nH]ncc13)cn2C. The lowest BCUT2D eigenvalue weighted by Crippen LogP contribution is -2.13. The van der Waals surface area contributed by atoms with Crippen molar-refractivity contribution in [3.63, 3.8) is 0 Å². The summed E-state index contributed by atoms with van der Waals surface area (Å²) < 4.78 is 2.07. The largest absolute Gasteiger partial charge is 0.364 e. The summed E-state index contributed by atoms with van der Waals surface area (Å²) in [5, 5.41) is 8.85. The predicted octanol–water partition coefficient (Wildman–Crippen LogP) is 3.55. The molecule has 25 heavy (non-hydrogen) atoms.